The Bertz CT molecular complexity index is 711. The van der Waals surface area contributed by atoms with Gasteiger partial charge in [-0.3, -0.25) is 14.0 Å². The second kappa shape index (κ2) is 5.37. The van der Waals surface area contributed by atoms with Crippen LogP contribution in [-0.2, 0) is 0 Å². The van der Waals surface area contributed by atoms with Crippen LogP contribution in [0.2, 0.25) is 0 Å². The highest BCUT2D eigenvalue weighted by Crippen LogP contribution is 2.22. The van der Waals surface area contributed by atoms with Gasteiger partial charge in [-0.25, -0.2) is 0 Å². The second-order valence-electron chi connectivity index (χ2n) is 3.63. The molecule has 0 fully saturated rings. The van der Waals surface area contributed by atoms with E-state index in [1.807, 2.05) is 6.07 Å². The number of hydrogen-bond acceptors (Lipinski definition) is 5. The average molecular weight is 274 g/mol. The van der Waals surface area contributed by atoms with Crippen LogP contribution in [0.25, 0.3) is 0 Å². The van der Waals surface area contributed by atoms with Gasteiger partial charge in [-0.1, -0.05) is 6.07 Å². The molecular weight excluding hydrogens is 264 g/mol. The first-order chi connectivity index (χ1) is 9.15. The third-order valence-corrected chi connectivity index (χ3v) is 3.20. The van der Waals surface area contributed by atoms with Crippen molar-refractivity contribution in [2.75, 3.05) is 12.4 Å². The Balaban J connectivity index is 2.36. The maximum atomic E-state index is 11.6. The smallest absolute Gasteiger partial charge is 0.273 e. The van der Waals surface area contributed by atoms with Crippen LogP contribution in [0.4, 0.5) is 10.7 Å². The van der Waals surface area contributed by atoms with Gasteiger partial charge < -0.3 is 10.6 Å². The van der Waals surface area contributed by atoms with Gasteiger partial charge in [0.1, 0.15) is 10.6 Å². The standard InChI is InChI=1S/C12H10N4O2S/c1-14-10(17)9-11(18)16-19-12(9)15-8-4-2-3-7(5-8)6-13/h2-5,15H,1H3,(H,14,17)(H,16,18). The molecule has 0 aliphatic carbocycles. The molecule has 2 aromatic rings. The van der Waals surface area contributed by atoms with E-state index in [9.17, 15) is 9.59 Å². The maximum Gasteiger partial charge on any atom is 0.273 e. The molecule has 0 saturated carbocycles. The van der Waals surface area contributed by atoms with Crippen LogP contribution < -0.4 is 16.2 Å². The summed E-state index contributed by atoms with van der Waals surface area (Å²) in [6, 6.07) is 8.80. The summed E-state index contributed by atoms with van der Waals surface area (Å²) in [6.45, 7) is 0. The fourth-order valence-electron chi connectivity index (χ4n) is 1.52. The second-order valence-corrected chi connectivity index (χ2v) is 4.45. The summed E-state index contributed by atoms with van der Waals surface area (Å²) in [6.07, 6.45) is 0. The third kappa shape index (κ3) is 2.64. The zero-order valence-electron chi connectivity index (χ0n) is 9.98. The number of aromatic nitrogens is 1. The number of anilines is 2. The predicted molar refractivity (Wildman–Crippen MR) is 72.8 cm³/mol. The molecule has 96 valence electrons. The van der Waals surface area contributed by atoms with Crippen molar-refractivity contribution in [3.05, 3.63) is 45.7 Å². The maximum absolute atomic E-state index is 11.6. The van der Waals surface area contributed by atoms with Crippen LogP contribution in [0.15, 0.2) is 29.1 Å². The minimum absolute atomic E-state index is 0.0369. The number of nitriles is 1. The normalized spacial score (nSPS) is 9.68. The third-order valence-electron chi connectivity index (χ3n) is 2.40. The van der Waals surface area contributed by atoms with Crippen LogP contribution in [0.3, 0.4) is 0 Å². The summed E-state index contributed by atoms with van der Waals surface area (Å²) in [7, 11) is 1.46. The minimum atomic E-state index is -0.457. The molecule has 1 aromatic carbocycles. The fraction of sp³-hybridized carbons (Fsp3) is 0.0833. The lowest BCUT2D eigenvalue weighted by Gasteiger charge is -2.05. The van der Waals surface area contributed by atoms with Crippen molar-refractivity contribution in [2.24, 2.45) is 0 Å². The monoisotopic (exact) mass is 274 g/mol. The molecular formula is C12H10N4O2S. The van der Waals surface area contributed by atoms with Crippen LogP contribution >= 0.6 is 11.5 Å². The highest BCUT2D eigenvalue weighted by atomic mass is 32.1. The Morgan fingerprint density at radius 1 is 1.47 bits per heavy atom. The lowest BCUT2D eigenvalue weighted by Crippen LogP contribution is -2.24. The molecule has 7 heteroatoms. The minimum Gasteiger partial charge on any atom is -0.355 e. The molecule has 3 N–H and O–H groups in total. The van der Waals surface area contributed by atoms with E-state index in [1.54, 1.807) is 24.3 Å². The van der Waals surface area contributed by atoms with E-state index in [-0.39, 0.29) is 5.56 Å². The molecule has 6 nitrogen and oxygen atoms in total. The molecule has 1 aromatic heterocycles. The van der Waals surface area contributed by atoms with E-state index in [4.69, 9.17) is 5.26 Å². The van der Waals surface area contributed by atoms with Gasteiger partial charge in [0.2, 0.25) is 0 Å². The Hall–Kier alpha value is -2.59. The Labute approximate surface area is 112 Å². The summed E-state index contributed by atoms with van der Waals surface area (Å²) in [5.74, 6) is -0.457. The highest BCUT2D eigenvalue weighted by Gasteiger charge is 2.17. The van der Waals surface area contributed by atoms with Crippen molar-refractivity contribution in [1.29, 1.82) is 5.26 Å². The summed E-state index contributed by atoms with van der Waals surface area (Å²) in [4.78, 5) is 23.2. The van der Waals surface area contributed by atoms with E-state index < -0.39 is 11.5 Å². The van der Waals surface area contributed by atoms with Gasteiger partial charge in [0.25, 0.3) is 11.5 Å². The topological polar surface area (TPSA) is 97.8 Å². The van der Waals surface area contributed by atoms with Gasteiger partial charge in [0, 0.05) is 12.7 Å². The molecule has 0 unspecified atom stereocenters. The molecule has 19 heavy (non-hydrogen) atoms. The van der Waals surface area contributed by atoms with Crippen LogP contribution in [0.5, 0.6) is 0 Å². The number of nitrogens with zero attached hydrogens (tertiary/aromatic N) is 1. The molecule has 2 rings (SSSR count). The van der Waals surface area contributed by atoms with Gasteiger partial charge in [0.15, 0.2) is 0 Å². The zero-order valence-corrected chi connectivity index (χ0v) is 10.8. The fourth-order valence-corrected chi connectivity index (χ4v) is 2.27. The molecule has 1 heterocycles. The molecule has 1 amide bonds. The van der Waals surface area contributed by atoms with E-state index in [2.05, 4.69) is 15.0 Å². The van der Waals surface area contributed by atoms with Crippen LogP contribution in [0.1, 0.15) is 15.9 Å². The van der Waals surface area contributed by atoms with Crippen molar-refractivity contribution in [1.82, 2.24) is 9.69 Å². The largest absolute Gasteiger partial charge is 0.355 e. The summed E-state index contributed by atoms with van der Waals surface area (Å²) in [5.41, 5.74) is 0.729. The number of carbonyl (C=O) groups excluding carboxylic acids is 1. The molecule has 0 atom stereocenters. The van der Waals surface area contributed by atoms with Crippen LogP contribution in [-0.4, -0.2) is 17.3 Å². The molecule has 0 spiro atoms. The SMILES string of the molecule is CNC(=O)c1c(Nc2cccc(C#N)c2)s[nH]c1=O. The Morgan fingerprint density at radius 2 is 2.26 bits per heavy atom. The van der Waals surface area contributed by atoms with Gasteiger partial charge in [-0.2, -0.15) is 5.26 Å². The zero-order chi connectivity index (χ0) is 13.8. The summed E-state index contributed by atoms with van der Waals surface area (Å²) >= 11 is 1.04. The summed E-state index contributed by atoms with van der Waals surface area (Å²) < 4.78 is 2.50. The van der Waals surface area contributed by atoms with Crippen molar-refractivity contribution >= 4 is 28.1 Å². The van der Waals surface area contributed by atoms with E-state index in [0.717, 1.165) is 11.5 Å². The molecule has 0 aliphatic rings. The highest BCUT2D eigenvalue weighted by molar-refractivity contribution is 7.10. The first-order valence-electron chi connectivity index (χ1n) is 5.36. The first-order valence-corrected chi connectivity index (χ1v) is 6.18. The lowest BCUT2D eigenvalue weighted by atomic mass is 10.2. The number of amides is 1. The predicted octanol–water partition coefficient (Wildman–Crippen LogP) is 1.41. The van der Waals surface area contributed by atoms with Gasteiger partial charge in [-0.05, 0) is 29.7 Å². The van der Waals surface area contributed by atoms with E-state index in [1.165, 1.54) is 7.05 Å². The molecule has 0 bridgehead atoms. The number of nitrogens with one attached hydrogen (secondary N) is 3. The molecule has 0 aliphatic heterocycles. The van der Waals surface area contributed by atoms with Gasteiger partial charge >= 0.3 is 0 Å². The Kier molecular flexibility index (Phi) is 3.63. The number of hydrogen-bond donors (Lipinski definition) is 3. The van der Waals surface area contributed by atoms with Crippen molar-refractivity contribution < 1.29 is 4.79 Å². The number of rotatable bonds is 3. The average Bonchev–Trinajstić information content (AvgIpc) is 2.79. The van der Waals surface area contributed by atoms with Crippen LogP contribution in [0, 0.1) is 11.3 Å². The lowest BCUT2D eigenvalue weighted by molar-refractivity contribution is 0.0963. The number of benzene rings is 1. The number of H-pyrrole nitrogens is 1. The van der Waals surface area contributed by atoms with Crippen molar-refractivity contribution in [2.45, 2.75) is 0 Å². The summed E-state index contributed by atoms with van der Waals surface area (Å²) in [5, 5.41) is 14.6. The first kappa shape index (κ1) is 12.9. The van der Waals surface area contributed by atoms with E-state index in [0.29, 0.717) is 16.3 Å². The molecule has 0 saturated heterocycles. The van der Waals surface area contributed by atoms with E-state index >= 15 is 0 Å². The van der Waals surface area contributed by atoms with Crippen molar-refractivity contribution in [3.63, 3.8) is 0 Å². The number of carbonyl (C=O) groups is 1. The number of aromatic amines is 1. The quantitative estimate of drug-likeness (QED) is 0.788. The van der Waals surface area contributed by atoms with Gasteiger partial charge in [0.05, 0.1) is 11.6 Å². The Morgan fingerprint density at radius 3 is 2.95 bits per heavy atom. The van der Waals surface area contributed by atoms with Crippen molar-refractivity contribution in [3.8, 4) is 6.07 Å². The molecule has 0 radical (unpaired) electrons. The van der Waals surface area contributed by atoms with Gasteiger partial charge in [-0.15, -0.1) is 0 Å².